The van der Waals surface area contributed by atoms with E-state index < -0.39 is 19.8 Å². The van der Waals surface area contributed by atoms with Crippen LogP contribution < -0.4 is 10.6 Å². The van der Waals surface area contributed by atoms with Crippen molar-refractivity contribution in [2.24, 2.45) is 0 Å². The Morgan fingerprint density at radius 3 is 2.63 bits per heavy atom. The summed E-state index contributed by atoms with van der Waals surface area (Å²) in [7, 11) is -1.20. The second-order valence-electron chi connectivity index (χ2n) is 9.64. The standard InChI is InChI=1S/C19H31ClN6O3Si/c1-19(2,3)29-18(27)24-7-8-25-17(24)13(11-22-25)15-14(21)16(20)23-26(15)12-28-9-10-30(4,5)6/h11H,7-10,12,21H2,1-6H3. The molecule has 1 aliphatic rings. The Morgan fingerprint density at radius 1 is 1.30 bits per heavy atom. The second-order valence-corrected chi connectivity index (χ2v) is 15.6. The average Bonchev–Trinajstić information content (AvgIpc) is 3.25. The van der Waals surface area contributed by atoms with E-state index >= 15 is 0 Å². The minimum absolute atomic E-state index is 0.195. The molecule has 2 aromatic rings. The van der Waals surface area contributed by atoms with Crippen molar-refractivity contribution in [1.29, 1.82) is 0 Å². The highest BCUT2D eigenvalue weighted by atomic mass is 35.5. The van der Waals surface area contributed by atoms with Crippen LogP contribution in [0.2, 0.25) is 30.8 Å². The highest BCUT2D eigenvalue weighted by Crippen LogP contribution is 2.39. The number of hydrogen-bond acceptors (Lipinski definition) is 6. The van der Waals surface area contributed by atoms with Crippen LogP contribution in [-0.2, 0) is 22.7 Å². The van der Waals surface area contributed by atoms with Gasteiger partial charge in [0.1, 0.15) is 23.8 Å². The van der Waals surface area contributed by atoms with Crippen LogP contribution in [0.25, 0.3) is 11.3 Å². The molecular formula is C19H31ClN6O3Si. The predicted octanol–water partition coefficient (Wildman–Crippen LogP) is 4.05. The van der Waals surface area contributed by atoms with Gasteiger partial charge in [0, 0.05) is 14.7 Å². The largest absolute Gasteiger partial charge is 0.443 e. The smallest absolute Gasteiger partial charge is 0.416 e. The fourth-order valence-electron chi connectivity index (χ4n) is 3.14. The van der Waals surface area contributed by atoms with Gasteiger partial charge in [0.15, 0.2) is 5.15 Å². The lowest BCUT2D eigenvalue weighted by molar-refractivity contribution is 0.0584. The third kappa shape index (κ3) is 4.98. The van der Waals surface area contributed by atoms with Gasteiger partial charge in [-0.05, 0) is 26.8 Å². The Labute approximate surface area is 183 Å². The Morgan fingerprint density at radius 2 is 2.00 bits per heavy atom. The van der Waals surface area contributed by atoms with Crippen LogP contribution in [0.4, 0.5) is 16.3 Å². The summed E-state index contributed by atoms with van der Waals surface area (Å²) in [4.78, 5) is 14.3. The first-order valence-corrected chi connectivity index (χ1v) is 14.1. The molecule has 2 aromatic heterocycles. The lowest BCUT2D eigenvalue weighted by Crippen LogP contribution is -2.36. The molecule has 0 aromatic carbocycles. The molecule has 3 heterocycles. The molecule has 0 unspecified atom stereocenters. The van der Waals surface area contributed by atoms with Gasteiger partial charge in [-0.2, -0.15) is 10.2 Å². The number of carbonyl (C=O) groups is 1. The third-order valence-corrected chi connectivity index (χ3v) is 6.61. The van der Waals surface area contributed by atoms with Gasteiger partial charge in [-0.3, -0.25) is 4.90 Å². The molecule has 2 N–H and O–H groups in total. The van der Waals surface area contributed by atoms with Gasteiger partial charge in [-0.1, -0.05) is 31.2 Å². The zero-order valence-electron chi connectivity index (χ0n) is 18.5. The van der Waals surface area contributed by atoms with E-state index in [1.165, 1.54) is 0 Å². The average molecular weight is 455 g/mol. The van der Waals surface area contributed by atoms with E-state index in [2.05, 4.69) is 29.8 Å². The molecule has 1 aliphatic heterocycles. The summed E-state index contributed by atoms with van der Waals surface area (Å²) < 4.78 is 14.8. The number of carbonyl (C=O) groups excluding carboxylic acids is 1. The topological polar surface area (TPSA) is 100 Å². The van der Waals surface area contributed by atoms with E-state index in [-0.39, 0.29) is 11.9 Å². The van der Waals surface area contributed by atoms with Crippen LogP contribution in [0.5, 0.6) is 0 Å². The maximum Gasteiger partial charge on any atom is 0.416 e. The number of nitrogens with zero attached hydrogens (tertiary/aromatic N) is 5. The number of hydrogen-bond donors (Lipinski definition) is 1. The van der Waals surface area contributed by atoms with Gasteiger partial charge in [0.25, 0.3) is 0 Å². The molecule has 0 radical (unpaired) electrons. The molecule has 0 saturated heterocycles. The molecule has 11 heteroatoms. The van der Waals surface area contributed by atoms with E-state index in [1.54, 1.807) is 20.5 Å². The lowest BCUT2D eigenvalue weighted by Gasteiger charge is -2.24. The number of fused-ring (bicyclic) bond motifs is 1. The summed E-state index contributed by atoms with van der Waals surface area (Å²) in [6.07, 6.45) is 1.25. The highest BCUT2D eigenvalue weighted by molar-refractivity contribution is 6.76. The molecule has 3 rings (SSSR count). The van der Waals surface area contributed by atoms with Gasteiger partial charge in [0.05, 0.1) is 30.5 Å². The van der Waals surface area contributed by atoms with Crippen molar-refractivity contribution in [2.45, 2.75) is 65.3 Å². The van der Waals surface area contributed by atoms with Crippen LogP contribution >= 0.6 is 11.6 Å². The summed E-state index contributed by atoms with van der Waals surface area (Å²) >= 11 is 6.24. The quantitative estimate of drug-likeness (QED) is 0.522. The SMILES string of the molecule is CC(C)(C)OC(=O)N1CCn2ncc(-c3c(N)c(Cl)nn3COCC[Si](C)(C)C)c21. The number of ether oxygens (including phenoxy) is 2. The number of nitrogens with two attached hydrogens (primary N) is 1. The van der Waals surface area contributed by atoms with Crippen molar-refractivity contribution in [2.75, 3.05) is 23.8 Å². The predicted molar refractivity (Wildman–Crippen MR) is 121 cm³/mol. The Balaban J connectivity index is 1.88. The summed E-state index contributed by atoms with van der Waals surface area (Å²) in [5.74, 6) is 0.621. The number of rotatable bonds is 6. The Bertz CT molecular complexity index is 928. The van der Waals surface area contributed by atoms with Crippen LogP contribution in [0.15, 0.2) is 6.20 Å². The first kappa shape index (κ1) is 22.6. The van der Waals surface area contributed by atoms with Crippen molar-refractivity contribution < 1.29 is 14.3 Å². The van der Waals surface area contributed by atoms with Gasteiger partial charge in [0.2, 0.25) is 0 Å². The number of amides is 1. The first-order chi connectivity index (χ1) is 13.9. The highest BCUT2D eigenvalue weighted by Gasteiger charge is 2.34. The van der Waals surface area contributed by atoms with Gasteiger partial charge < -0.3 is 15.2 Å². The molecule has 0 bridgehead atoms. The summed E-state index contributed by atoms with van der Waals surface area (Å²) in [6, 6.07) is 1.04. The summed E-state index contributed by atoms with van der Waals surface area (Å²) in [6.45, 7) is 14.3. The summed E-state index contributed by atoms with van der Waals surface area (Å²) in [5, 5.41) is 8.94. The Kier molecular flexibility index (Phi) is 6.22. The number of nitrogen functional groups attached to an aromatic ring is 1. The number of anilines is 2. The van der Waals surface area contributed by atoms with Crippen molar-refractivity contribution in [3.63, 3.8) is 0 Å². The molecule has 0 saturated carbocycles. The van der Waals surface area contributed by atoms with E-state index in [4.69, 9.17) is 26.8 Å². The molecule has 0 spiro atoms. The second kappa shape index (κ2) is 8.24. The summed E-state index contributed by atoms with van der Waals surface area (Å²) in [5.41, 5.74) is 7.24. The fourth-order valence-corrected chi connectivity index (χ4v) is 4.08. The maximum atomic E-state index is 12.7. The van der Waals surface area contributed by atoms with Crippen LogP contribution in [0, 0.1) is 0 Å². The number of halogens is 1. The molecule has 0 aliphatic carbocycles. The molecule has 0 atom stereocenters. The van der Waals surface area contributed by atoms with E-state index in [1.807, 2.05) is 20.8 Å². The zero-order chi connectivity index (χ0) is 22.3. The van der Waals surface area contributed by atoms with Crippen molar-refractivity contribution in [3.8, 4) is 11.3 Å². The maximum absolute atomic E-state index is 12.7. The van der Waals surface area contributed by atoms with Crippen molar-refractivity contribution in [3.05, 3.63) is 11.3 Å². The van der Waals surface area contributed by atoms with Crippen LogP contribution in [0.1, 0.15) is 20.8 Å². The molecule has 9 nitrogen and oxygen atoms in total. The molecule has 30 heavy (non-hydrogen) atoms. The van der Waals surface area contributed by atoms with Gasteiger partial charge >= 0.3 is 6.09 Å². The van der Waals surface area contributed by atoms with E-state index in [0.717, 1.165) is 6.04 Å². The minimum atomic E-state index is -1.20. The normalized spacial score (nSPS) is 14.3. The van der Waals surface area contributed by atoms with Crippen molar-refractivity contribution in [1.82, 2.24) is 19.6 Å². The third-order valence-electron chi connectivity index (χ3n) is 4.63. The number of aromatic nitrogens is 4. The van der Waals surface area contributed by atoms with Gasteiger partial charge in [-0.25, -0.2) is 14.2 Å². The van der Waals surface area contributed by atoms with Crippen LogP contribution in [-0.4, -0.2) is 52.5 Å². The van der Waals surface area contributed by atoms with Crippen LogP contribution in [0.3, 0.4) is 0 Å². The Hall–Kier alpha value is -2.04. The van der Waals surface area contributed by atoms with Gasteiger partial charge in [-0.15, -0.1) is 0 Å². The van der Waals surface area contributed by atoms with E-state index in [9.17, 15) is 4.79 Å². The van der Waals surface area contributed by atoms with E-state index in [0.29, 0.717) is 42.5 Å². The zero-order valence-corrected chi connectivity index (χ0v) is 20.3. The minimum Gasteiger partial charge on any atom is -0.443 e. The monoisotopic (exact) mass is 454 g/mol. The fraction of sp³-hybridized carbons (Fsp3) is 0.632. The molecule has 1 amide bonds. The molecule has 166 valence electrons. The lowest BCUT2D eigenvalue weighted by atomic mass is 10.2. The molecule has 0 fully saturated rings. The molecular weight excluding hydrogens is 424 g/mol. The first-order valence-electron chi connectivity index (χ1n) is 10.0. The van der Waals surface area contributed by atoms with Crippen molar-refractivity contribution >= 4 is 37.3 Å².